The number of nitrogens with two attached hydrogens (primary N) is 1. The third-order valence-corrected chi connectivity index (χ3v) is 7.28. The molecular formula is C26H35N3O7S. The van der Waals surface area contributed by atoms with Gasteiger partial charge in [-0.2, -0.15) is 0 Å². The number of carboxylic acid groups (broad SMARTS) is 1. The summed E-state index contributed by atoms with van der Waals surface area (Å²) in [5.41, 5.74) is 8.84. The van der Waals surface area contributed by atoms with Crippen molar-refractivity contribution in [3.63, 3.8) is 0 Å². The number of carbonyl (C=O) groups is 2. The second-order valence-corrected chi connectivity index (χ2v) is 10.5. The number of aliphatic carboxylic acids is 1. The molecule has 0 unspecified atom stereocenters. The van der Waals surface area contributed by atoms with Crippen LogP contribution in [0.4, 0.5) is 5.69 Å². The van der Waals surface area contributed by atoms with Crippen LogP contribution in [0.5, 0.6) is 5.75 Å². The van der Waals surface area contributed by atoms with Gasteiger partial charge in [0, 0.05) is 31.4 Å². The highest BCUT2D eigenvalue weighted by molar-refractivity contribution is 7.92. The molecule has 0 aliphatic heterocycles. The van der Waals surface area contributed by atoms with E-state index in [2.05, 4.69) is 0 Å². The van der Waals surface area contributed by atoms with Crippen molar-refractivity contribution >= 4 is 33.4 Å². The summed E-state index contributed by atoms with van der Waals surface area (Å²) in [6.45, 7) is 1.13. The standard InChI is InChI=1S/C26H35N3O7S/c1-3-5-23(28)20-10-8-19(9-11-20)6-4-7-26(32)36-24-13-12-22(16-21(24)17-27)29(18-25(30)31)37(33,34)15-14-35-2/h8-13,16,28H,3-7,14-15,17-18,27H2,1-2H3,(H,30,31). The Morgan fingerprint density at radius 2 is 1.81 bits per heavy atom. The summed E-state index contributed by atoms with van der Waals surface area (Å²) in [5, 5.41) is 17.2. The van der Waals surface area contributed by atoms with Crippen LogP contribution in [0.1, 0.15) is 49.3 Å². The molecule has 0 aromatic heterocycles. The van der Waals surface area contributed by atoms with Gasteiger partial charge in [0.15, 0.2) is 0 Å². The van der Waals surface area contributed by atoms with Gasteiger partial charge in [-0.15, -0.1) is 0 Å². The van der Waals surface area contributed by atoms with E-state index in [1.165, 1.54) is 25.3 Å². The number of aryl methyl sites for hydroxylation is 1. The summed E-state index contributed by atoms with van der Waals surface area (Å²) >= 11 is 0. The van der Waals surface area contributed by atoms with Crippen molar-refractivity contribution in [1.82, 2.24) is 0 Å². The largest absolute Gasteiger partial charge is 0.480 e. The maximum absolute atomic E-state index is 12.7. The molecule has 0 fully saturated rings. The Morgan fingerprint density at radius 3 is 2.41 bits per heavy atom. The summed E-state index contributed by atoms with van der Waals surface area (Å²) in [5.74, 6) is -1.98. The topological polar surface area (TPSA) is 160 Å². The SMILES string of the molecule is CCCC(=N)c1ccc(CCCC(=O)Oc2ccc(N(CC(=O)O)S(=O)(=O)CCOC)cc2CN)cc1. The van der Waals surface area contributed by atoms with Crippen LogP contribution < -0.4 is 14.8 Å². The molecule has 0 heterocycles. The van der Waals surface area contributed by atoms with E-state index < -0.39 is 34.3 Å². The third kappa shape index (κ3) is 9.27. The van der Waals surface area contributed by atoms with Crippen LogP contribution in [0.3, 0.4) is 0 Å². The first kappa shape index (κ1) is 29.9. The lowest BCUT2D eigenvalue weighted by atomic mass is 10.0. The van der Waals surface area contributed by atoms with Crippen molar-refractivity contribution in [2.45, 2.75) is 45.6 Å². The van der Waals surface area contributed by atoms with Crippen LogP contribution in [-0.4, -0.2) is 57.2 Å². The van der Waals surface area contributed by atoms with E-state index >= 15 is 0 Å². The Morgan fingerprint density at radius 1 is 1.11 bits per heavy atom. The average Bonchev–Trinajstić information content (AvgIpc) is 2.86. The van der Waals surface area contributed by atoms with Crippen LogP contribution in [0.25, 0.3) is 0 Å². The number of benzene rings is 2. The maximum Gasteiger partial charge on any atom is 0.324 e. The van der Waals surface area contributed by atoms with E-state index in [-0.39, 0.29) is 31.0 Å². The van der Waals surface area contributed by atoms with Gasteiger partial charge in [0.1, 0.15) is 12.3 Å². The van der Waals surface area contributed by atoms with E-state index in [4.69, 9.17) is 20.6 Å². The van der Waals surface area contributed by atoms with Gasteiger partial charge in [-0.05, 0) is 48.6 Å². The zero-order valence-corrected chi connectivity index (χ0v) is 22.1. The van der Waals surface area contributed by atoms with Gasteiger partial charge in [0.05, 0.1) is 18.0 Å². The van der Waals surface area contributed by atoms with E-state index in [0.29, 0.717) is 24.1 Å². The molecule has 4 N–H and O–H groups in total. The molecule has 0 radical (unpaired) electrons. The zero-order chi connectivity index (χ0) is 27.4. The summed E-state index contributed by atoms with van der Waals surface area (Å²) in [7, 11) is -2.62. The number of anilines is 1. The third-order valence-electron chi connectivity index (χ3n) is 5.58. The highest BCUT2D eigenvalue weighted by atomic mass is 32.2. The number of hydrogen-bond donors (Lipinski definition) is 3. The van der Waals surface area contributed by atoms with Crippen LogP contribution in [-0.2, 0) is 37.3 Å². The second kappa shape index (κ2) is 14.5. The van der Waals surface area contributed by atoms with Crippen LogP contribution in [0.15, 0.2) is 42.5 Å². The lowest BCUT2D eigenvalue weighted by Crippen LogP contribution is -2.38. The van der Waals surface area contributed by atoms with E-state index in [9.17, 15) is 23.1 Å². The van der Waals surface area contributed by atoms with Gasteiger partial charge >= 0.3 is 11.9 Å². The number of sulfonamides is 1. The van der Waals surface area contributed by atoms with Crippen molar-refractivity contribution in [2.24, 2.45) is 5.73 Å². The van der Waals surface area contributed by atoms with Crippen molar-refractivity contribution in [2.75, 3.05) is 30.3 Å². The van der Waals surface area contributed by atoms with E-state index in [1.807, 2.05) is 31.2 Å². The highest BCUT2D eigenvalue weighted by Crippen LogP contribution is 2.27. The number of hydrogen-bond acceptors (Lipinski definition) is 8. The number of carbonyl (C=O) groups excluding carboxylic acids is 1. The molecule has 2 aromatic carbocycles. The molecule has 2 rings (SSSR count). The normalized spacial score (nSPS) is 11.2. The molecule has 10 nitrogen and oxygen atoms in total. The molecule has 0 aliphatic rings. The summed E-state index contributed by atoms with van der Waals surface area (Å²) in [6.07, 6.45) is 3.05. The molecule has 202 valence electrons. The van der Waals surface area contributed by atoms with Crippen LogP contribution >= 0.6 is 0 Å². The smallest absolute Gasteiger partial charge is 0.324 e. The monoisotopic (exact) mass is 533 g/mol. The molecule has 0 saturated heterocycles. The summed E-state index contributed by atoms with van der Waals surface area (Å²) in [4.78, 5) is 23.7. The zero-order valence-electron chi connectivity index (χ0n) is 21.2. The predicted octanol–water partition coefficient (Wildman–Crippen LogP) is 3.11. The fraction of sp³-hybridized carbons (Fsp3) is 0.423. The Labute approximate surface area is 217 Å². The summed E-state index contributed by atoms with van der Waals surface area (Å²) < 4.78 is 36.4. The van der Waals surface area contributed by atoms with Gasteiger partial charge in [-0.1, -0.05) is 37.6 Å². The first-order valence-electron chi connectivity index (χ1n) is 12.0. The molecule has 0 amide bonds. The maximum atomic E-state index is 12.7. The van der Waals surface area contributed by atoms with Crippen LogP contribution in [0, 0.1) is 5.41 Å². The Balaban J connectivity index is 2.04. The first-order chi connectivity index (χ1) is 17.6. The first-order valence-corrected chi connectivity index (χ1v) is 13.6. The number of methoxy groups -OCH3 is 1. The predicted molar refractivity (Wildman–Crippen MR) is 142 cm³/mol. The van der Waals surface area contributed by atoms with Gasteiger partial charge < -0.3 is 25.7 Å². The minimum absolute atomic E-state index is 0.0468. The molecule has 0 atom stereocenters. The van der Waals surface area contributed by atoms with Crippen molar-refractivity contribution in [3.05, 3.63) is 59.2 Å². The number of nitrogens with zero attached hydrogens (tertiary/aromatic N) is 1. The molecular weight excluding hydrogens is 498 g/mol. The number of rotatable bonds is 16. The van der Waals surface area contributed by atoms with Crippen molar-refractivity contribution < 1.29 is 32.6 Å². The van der Waals surface area contributed by atoms with Crippen LogP contribution in [0.2, 0.25) is 0 Å². The second-order valence-electron chi connectivity index (χ2n) is 8.46. The number of ether oxygens (including phenoxy) is 2. The minimum Gasteiger partial charge on any atom is -0.480 e. The average molecular weight is 534 g/mol. The molecule has 37 heavy (non-hydrogen) atoms. The Hall–Kier alpha value is -3.28. The molecule has 0 aliphatic carbocycles. The number of nitrogens with one attached hydrogen (secondary N) is 1. The van der Waals surface area contributed by atoms with Gasteiger partial charge in [0.2, 0.25) is 10.0 Å². The molecule has 2 aromatic rings. The van der Waals surface area contributed by atoms with Crippen molar-refractivity contribution in [3.8, 4) is 5.75 Å². The molecule has 11 heteroatoms. The fourth-order valence-electron chi connectivity index (χ4n) is 3.63. The molecule has 0 saturated carbocycles. The minimum atomic E-state index is -3.98. The molecule has 0 spiro atoms. The van der Waals surface area contributed by atoms with E-state index in [1.54, 1.807) is 0 Å². The highest BCUT2D eigenvalue weighted by Gasteiger charge is 2.26. The lowest BCUT2D eigenvalue weighted by molar-refractivity contribution is -0.135. The Bertz CT molecular complexity index is 1180. The van der Waals surface area contributed by atoms with Crippen molar-refractivity contribution in [1.29, 1.82) is 5.41 Å². The fourth-order valence-corrected chi connectivity index (χ4v) is 4.97. The quantitative estimate of drug-likeness (QED) is 0.169. The molecule has 0 bridgehead atoms. The van der Waals surface area contributed by atoms with Gasteiger partial charge in [0.25, 0.3) is 0 Å². The summed E-state index contributed by atoms with van der Waals surface area (Å²) in [6, 6.07) is 12.0. The van der Waals surface area contributed by atoms with E-state index in [0.717, 1.165) is 28.3 Å². The Kier molecular flexibility index (Phi) is 11.7. The number of esters is 1. The van der Waals surface area contributed by atoms with Gasteiger partial charge in [-0.3, -0.25) is 13.9 Å². The lowest BCUT2D eigenvalue weighted by Gasteiger charge is -2.23. The van der Waals surface area contributed by atoms with Gasteiger partial charge in [-0.25, -0.2) is 8.42 Å². The number of carboxylic acids is 1.